The van der Waals surface area contributed by atoms with E-state index in [1.54, 1.807) is 12.1 Å². The second kappa shape index (κ2) is 6.16. The molecule has 0 saturated carbocycles. The topological polar surface area (TPSA) is 46.5 Å². The Kier molecular flexibility index (Phi) is 4.83. The number of ether oxygens (including phenoxy) is 1. The fraction of sp³-hybridized carbons (Fsp3) is 0.462. The molecule has 0 aliphatic carbocycles. The molecule has 1 N–H and O–H groups in total. The number of carbonyl (C=O) groups is 1. The average Bonchev–Trinajstić information content (AvgIpc) is 2.30. The molecule has 0 fully saturated rings. The third kappa shape index (κ3) is 3.26. The maximum atomic E-state index is 11.6. The number of carbonyl (C=O) groups excluding carboxylic acids is 1. The fourth-order valence-electron chi connectivity index (χ4n) is 1.39. The SMILES string of the molecule is CCCCOC(=O)c1ccc(O)c(CC)c1. The Bertz CT molecular complexity index is 358. The van der Waals surface area contributed by atoms with Gasteiger partial charge in [-0.15, -0.1) is 0 Å². The lowest BCUT2D eigenvalue weighted by Gasteiger charge is -2.06. The molecule has 0 atom stereocenters. The summed E-state index contributed by atoms with van der Waals surface area (Å²) < 4.78 is 5.09. The number of hydrogen-bond acceptors (Lipinski definition) is 3. The number of phenols is 1. The van der Waals surface area contributed by atoms with Crippen molar-refractivity contribution in [1.82, 2.24) is 0 Å². The van der Waals surface area contributed by atoms with E-state index in [0.29, 0.717) is 18.6 Å². The summed E-state index contributed by atoms with van der Waals surface area (Å²) in [4.78, 5) is 11.6. The molecule has 0 radical (unpaired) electrons. The molecular formula is C13H18O3. The molecule has 3 heteroatoms. The third-order valence-electron chi connectivity index (χ3n) is 2.43. The molecule has 0 amide bonds. The maximum Gasteiger partial charge on any atom is 0.338 e. The first-order valence-corrected chi connectivity index (χ1v) is 5.68. The van der Waals surface area contributed by atoms with E-state index in [-0.39, 0.29) is 11.7 Å². The molecule has 0 unspecified atom stereocenters. The number of rotatable bonds is 5. The van der Waals surface area contributed by atoms with Gasteiger partial charge in [0, 0.05) is 0 Å². The Labute approximate surface area is 96.1 Å². The van der Waals surface area contributed by atoms with Gasteiger partial charge in [-0.25, -0.2) is 4.79 Å². The molecular weight excluding hydrogens is 204 g/mol. The van der Waals surface area contributed by atoms with Crippen LogP contribution in [0.15, 0.2) is 18.2 Å². The van der Waals surface area contributed by atoms with Gasteiger partial charge >= 0.3 is 5.97 Å². The van der Waals surface area contributed by atoms with Gasteiger partial charge in [-0.2, -0.15) is 0 Å². The summed E-state index contributed by atoms with van der Waals surface area (Å²) in [6.45, 7) is 4.43. The minimum atomic E-state index is -0.317. The van der Waals surface area contributed by atoms with E-state index in [0.717, 1.165) is 18.4 Å². The van der Waals surface area contributed by atoms with E-state index in [1.807, 2.05) is 13.8 Å². The molecule has 16 heavy (non-hydrogen) atoms. The first-order chi connectivity index (χ1) is 7.69. The molecule has 0 aliphatic heterocycles. The van der Waals surface area contributed by atoms with Crippen molar-refractivity contribution in [3.63, 3.8) is 0 Å². The number of unbranched alkanes of at least 4 members (excludes halogenated alkanes) is 1. The van der Waals surface area contributed by atoms with E-state index in [2.05, 4.69) is 0 Å². The van der Waals surface area contributed by atoms with Crippen molar-refractivity contribution in [2.45, 2.75) is 33.1 Å². The van der Waals surface area contributed by atoms with Crippen molar-refractivity contribution in [1.29, 1.82) is 0 Å². The monoisotopic (exact) mass is 222 g/mol. The van der Waals surface area contributed by atoms with Crippen molar-refractivity contribution < 1.29 is 14.6 Å². The summed E-state index contributed by atoms with van der Waals surface area (Å²) in [5.41, 5.74) is 1.27. The van der Waals surface area contributed by atoms with Crippen LogP contribution in [0, 0.1) is 0 Å². The van der Waals surface area contributed by atoms with Crippen LogP contribution in [0.25, 0.3) is 0 Å². The van der Waals surface area contributed by atoms with E-state index < -0.39 is 0 Å². The Balaban J connectivity index is 2.68. The van der Waals surface area contributed by atoms with Crippen LogP contribution >= 0.6 is 0 Å². The predicted molar refractivity (Wildman–Crippen MR) is 62.7 cm³/mol. The van der Waals surface area contributed by atoms with Crippen LogP contribution in [0.5, 0.6) is 5.75 Å². The minimum Gasteiger partial charge on any atom is -0.508 e. The van der Waals surface area contributed by atoms with Gasteiger partial charge in [-0.3, -0.25) is 0 Å². The van der Waals surface area contributed by atoms with Crippen LogP contribution in [0.1, 0.15) is 42.6 Å². The van der Waals surface area contributed by atoms with Crippen molar-refractivity contribution in [3.05, 3.63) is 29.3 Å². The predicted octanol–water partition coefficient (Wildman–Crippen LogP) is 2.91. The van der Waals surface area contributed by atoms with Gasteiger partial charge < -0.3 is 9.84 Å². The number of phenolic OH excluding ortho intramolecular Hbond substituents is 1. The first-order valence-electron chi connectivity index (χ1n) is 5.68. The molecule has 1 aromatic carbocycles. The minimum absolute atomic E-state index is 0.229. The normalized spacial score (nSPS) is 10.1. The molecule has 0 bridgehead atoms. The van der Waals surface area contributed by atoms with E-state index >= 15 is 0 Å². The zero-order valence-corrected chi connectivity index (χ0v) is 9.82. The van der Waals surface area contributed by atoms with Gasteiger partial charge in [-0.05, 0) is 36.6 Å². The third-order valence-corrected chi connectivity index (χ3v) is 2.43. The Hall–Kier alpha value is -1.51. The van der Waals surface area contributed by atoms with E-state index in [9.17, 15) is 9.90 Å². The zero-order chi connectivity index (χ0) is 12.0. The van der Waals surface area contributed by atoms with Gasteiger partial charge in [0.25, 0.3) is 0 Å². The van der Waals surface area contributed by atoms with Crippen molar-refractivity contribution >= 4 is 5.97 Å². The van der Waals surface area contributed by atoms with Crippen LogP contribution in [-0.4, -0.2) is 17.7 Å². The van der Waals surface area contributed by atoms with Gasteiger partial charge in [0.05, 0.1) is 12.2 Å². The number of aryl methyl sites for hydroxylation is 1. The van der Waals surface area contributed by atoms with Crippen molar-refractivity contribution in [2.24, 2.45) is 0 Å². The second-order valence-electron chi connectivity index (χ2n) is 3.69. The molecule has 88 valence electrons. The van der Waals surface area contributed by atoms with Gasteiger partial charge in [0.15, 0.2) is 0 Å². The molecule has 0 aromatic heterocycles. The summed E-state index contributed by atoms with van der Waals surface area (Å²) in [7, 11) is 0. The van der Waals surface area contributed by atoms with Crippen LogP contribution < -0.4 is 0 Å². The van der Waals surface area contributed by atoms with Gasteiger partial charge in [0.1, 0.15) is 5.75 Å². The summed E-state index contributed by atoms with van der Waals surface area (Å²) in [5, 5.41) is 9.48. The van der Waals surface area contributed by atoms with Crippen molar-refractivity contribution in [3.8, 4) is 5.75 Å². The van der Waals surface area contributed by atoms with Crippen LogP contribution in [0.3, 0.4) is 0 Å². The summed E-state index contributed by atoms with van der Waals surface area (Å²) in [6, 6.07) is 4.81. The molecule has 0 heterocycles. The first kappa shape index (κ1) is 12.6. The van der Waals surface area contributed by atoms with Crippen LogP contribution in [0.2, 0.25) is 0 Å². The smallest absolute Gasteiger partial charge is 0.338 e. The highest BCUT2D eigenvalue weighted by molar-refractivity contribution is 5.89. The van der Waals surface area contributed by atoms with Crippen molar-refractivity contribution in [2.75, 3.05) is 6.61 Å². The molecule has 0 aliphatic rings. The number of benzene rings is 1. The zero-order valence-electron chi connectivity index (χ0n) is 9.82. The molecule has 0 spiro atoms. The summed E-state index contributed by atoms with van der Waals surface area (Å²) in [6.07, 6.45) is 2.58. The number of aromatic hydroxyl groups is 1. The average molecular weight is 222 g/mol. The van der Waals surface area contributed by atoms with E-state index in [1.165, 1.54) is 6.07 Å². The summed E-state index contributed by atoms with van der Waals surface area (Å²) in [5.74, 6) is -0.0873. The standard InChI is InChI=1S/C13H18O3/c1-3-5-8-16-13(15)11-6-7-12(14)10(4-2)9-11/h6-7,9,14H,3-5,8H2,1-2H3. The highest BCUT2D eigenvalue weighted by Crippen LogP contribution is 2.19. The van der Waals surface area contributed by atoms with Gasteiger partial charge in [0.2, 0.25) is 0 Å². The lowest BCUT2D eigenvalue weighted by molar-refractivity contribution is 0.0499. The van der Waals surface area contributed by atoms with Crippen LogP contribution in [0.4, 0.5) is 0 Å². The largest absolute Gasteiger partial charge is 0.508 e. The quantitative estimate of drug-likeness (QED) is 0.615. The molecule has 3 nitrogen and oxygen atoms in total. The summed E-state index contributed by atoms with van der Waals surface area (Å²) >= 11 is 0. The number of esters is 1. The maximum absolute atomic E-state index is 11.6. The highest BCUT2D eigenvalue weighted by Gasteiger charge is 2.09. The second-order valence-corrected chi connectivity index (χ2v) is 3.69. The van der Waals surface area contributed by atoms with Gasteiger partial charge in [-0.1, -0.05) is 20.3 Å². The highest BCUT2D eigenvalue weighted by atomic mass is 16.5. The Morgan fingerprint density at radius 2 is 2.12 bits per heavy atom. The number of hydrogen-bond donors (Lipinski definition) is 1. The molecule has 1 rings (SSSR count). The molecule has 1 aromatic rings. The lowest BCUT2D eigenvalue weighted by atomic mass is 10.1. The Morgan fingerprint density at radius 3 is 2.75 bits per heavy atom. The Morgan fingerprint density at radius 1 is 1.38 bits per heavy atom. The van der Waals surface area contributed by atoms with Crippen LogP contribution in [-0.2, 0) is 11.2 Å². The fourth-order valence-corrected chi connectivity index (χ4v) is 1.39. The molecule has 0 saturated heterocycles. The lowest BCUT2D eigenvalue weighted by Crippen LogP contribution is -2.06. The van der Waals surface area contributed by atoms with E-state index in [4.69, 9.17) is 4.74 Å².